The fraction of sp³-hybridized carbons (Fsp3) is 0.556. The Hall–Kier alpha value is -1.40. The van der Waals surface area contributed by atoms with E-state index in [9.17, 15) is 9.59 Å². The largest absolute Gasteiger partial charge is 0.325 e. The summed E-state index contributed by atoms with van der Waals surface area (Å²) in [6.07, 6.45) is 4.24. The second-order valence-electron chi connectivity index (χ2n) is 7.23. The highest BCUT2D eigenvalue weighted by Crippen LogP contribution is 2.41. The van der Waals surface area contributed by atoms with E-state index in [1.165, 1.54) is 16.9 Å². The predicted molar refractivity (Wildman–Crippen MR) is 96.6 cm³/mol. The van der Waals surface area contributed by atoms with Crippen LogP contribution in [0, 0.1) is 0 Å². The van der Waals surface area contributed by atoms with E-state index < -0.39 is 5.54 Å². The number of benzene rings is 1. The fourth-order valence-electron chi connectivity index (χ4n) is 3.45. The molecular weight excluding hydrogens is 370 g/mol. The van der Waals surface area contributed by atoms with Crippen molar-refractivity contribution in [1.82, 2.24) is 15.5 Å². The van der Waals surface area contributed by atoms with Crippen molar-refractivity contribution in [2.75, 3.05) is 13.1 Å². The first kappa shape index (κ1) is 17.4. The Labute approximate surface area is 151 Å². The number of hydrogen-bond donors (Lipinski definition) is 2. The van der Waals surface area contributed by atoms with Gasteiger partial charge < -0.3 is 10.6 Å². The van der Waals surface area contributed by atoms with Crippen molar-refractivity contribution in [1.29, 1.82) is 0 Å². The Morgan fingerprint density at radius 3 is 2.38 bits per heavy atom. The summed E-state index contributed by atoms with van der Waals surface area (Å²) in [5, 5.41) is 6.37. The molecule has 0 radical (unpaired) electrons. The number of rotatable bonds is 6. The summed E-state index contributed by atoms with van der Waals surface area (Å²) in [5.74, 6) is -0.140. The Kier molecular flexibility index (Phi) is 4.71. The van der Waals surface area contributed by atoms with Crippen LogP contribution >= 0.6 is 15.9 Å². The molecule has 5 nitrogen and oxygen atoms in total. The summed E-state index contributed by atoms with van der Waals surface area (Å²) in [6, 6.07) is 8.20. The van der Waals surface area contributed by atoms with Crippen molar-refractivity contribution in [3.8, 4) is 0 Å². The first-order valence-corrected chi connectivity index (χ1v) is 9.29. The van der Waals surface area contributed by atoms with Crippen LogP contribution in [0.2, 0.25) is 0 Å². The molecule has 2 N–H and O–H groups in total. The zero-order valence-corrected chi connectivity index (χ0v) is 15.8. The minimum atomic E-state index is -0.781. The molecule has 3 rings (SSSR count). The first-order valence-electron chi connectivity index (χ1n) is 8.49. The number of carbonyl (C=O) groups excluding carboxylic acids is 2. The molecule has 0 atom stereocenters. The van der Waals surface area contributed by atoms with Crippen LogP contribution in [0.3, 0.4) is 0 Å². The predicted octanol–water partition coefficient (Wildman–Crippen LogP) is 3.14. The first-order chi connectivity index (χ1) is 11.3. The zero-order valence-electron chi connectivity index (χ0n) is 14.2. The van der Waals surface area contributed by atoms with Gasteiger partial charge in [-0.3, -0.25) is 9.69 Å². The average molecular weight is 394 g/mol. The summed E-state index contributed by atoms with van der Waals surface area (Å²) in [4.78, 5) is 25.4. The second-order valence-corrected chi connectivity index (χ2v) is 8.15. The van der Waals surface area contributed by atoms with Crippen LogP contribution in [0.4, 0.5) is 4.79 Å². The molecular formula is C18H24BrN3O2. The highest BCUT2D eigenvalue weighted by atomic mass is 79.9. The molecule has 0 spiro atoms. The molecule has 1 aliphatic carbocycles. The molecule has 1 heterocycles. The topological polar surface area (TPSA) is 61.4 Å². The number of urea groups is 1. The summed E-state index contributed by atoms with van der Waals surface area (Å²) < 4.78 is 1.09. The number of nitrogens with zero attached hydrogens (tertiary/aromatic N) is 1. The number of amides is 3. The number of halogens is 1. The minimum absolute atomic E-state index is 0.0528. The van der Waals surface area contributed by atoms with Gasteiger partial charge >= 0.3 is 6.03 Å². The zero-order chi connectivity index (χ0) is 17.4. The number of imide groups is 1. The molecule has 1 saturated carbocycles. The minimum Gasteiger partial charge on any atom is -0.324 e. The lowest BCUT2D eigenvalue weighted by Crippen LogP contribution is -2.49. The molecule has 130 valence electrons. The quantitative estimate of drug-likeness (QED) is 0.576. The van der Waals surface area contributed by atoms with Crippen molar-refractivity contribution in [3.05, 3.63) is 34.3 Å². The molecule has 3 amide bonds. The van der Waals surface area contributed by atoms with Crippen LogP contribution in [-0.4, -0.2) is 35.5 Å². The smallest absolute Gasteiger partial charge is 0.324 e. The number of carbonyl (C=O) groups is 2. The molecule has 1 aliphatic heterocycles. The van der Waals surface area contributed by atoms with Gasteiger partial charge in [0.05, 0.1) is 0 Å². The van der Waals surface area contributed by atoms with E-state index in [0.717, 1.165) is 30.3 Å². The van der Waals surface area contributed by atoms with Gasteiger partial charge in [0, 0.05) is 16.6 Å². The van der Waals surface area contributed by atoms with Crippen molar-refractivity contribution < 1.29 is 9.59 Å². The van der Waals surface area contributed by atoms with Gasteiger partial charge in [-0.1, -0.05) is 28.1 Å². The van der Waals surface area contributed by atoms with E-state index in [0.29, 0.717) is 6.54 Å². The molecule has 1 aromatic rings. The van der Waals surface area contributed by atoms with Gasteiger partial charge in [-0.15, -0.1) is 0 Å². The highest BCUT2D eigenvalue weighted by Gasteiger charge is 2.44. The Morgan fingerprint density at radius 1 is 1.21 bits per heavy atom. The Balaban J connectivity index is 1.53. The third-order valence-electron chi connectivity index (χ3n) is 5.07. The molecule has 6 heteroatoms. The average Bonchev–Trinajstić information content (AvgIpc) is 2.68. The summed E-state index contributed by atoms with van der Waals surface area (Å²) >= 11 is 3.48. The lowest BCUT2D eigenvalue weighted by molar-refractivity contribution is -0.130. The van der Waals surface area contributed by atoms with Crippen molar-refractivity contribution >= 4 is 27.9 Å². The molecule has 1 aromatic carbocycles. The van der Waals surface area contributed by atoms with E-state index in [-0.39, 0.29) is 17.5 Å². The van der Waals surface area contributed by atoms with E-state index in [1.807, 2.05) is 0 Å². The Morgan fingerprint density at radius 2 is 1.88 bits per heavy atom. The molecule has 2 aliphatic rings. The second kappa shape index (κ2) is 6.48. The third-order valence-corrected chi connectivity index (χ3v) is 5.60. The third kappa shape index (κ3) is 3.22. The van der Waals surface area contributed by atoms with E-state index in [4.69, 9.17) is 0 Å². The maximum Gasteiger partial charge on any atom is 0.325 e. The van der Waals surface area contributed by atoms with Gasteiger partial charge in [-0.2, -0.15) is 0 Å². The van der Waals surface area contributed by atoms with Crippen LogP contribution < -0.4 is 10.6 Å². The van der Waals surface area contributed by atoms with Gasteiger partial charge in [0.25, 0.3) is 5.91 Å². The maximum atomic E-state index is 12.2. The van der Waals surface area contributed by atoms with Crippen molar-refractivity contribution in [2.24, 2.45) is 0 Å². The number of hydrogen-bond acceptors (Lipinski definition) is 3. The molecule has 0 unspecified atom stereocenters. The molecule has 0 aromatic heterocycles. The van der Waals surface area contributed by atoms with Crippen LogP contribution in [-0.2, 0) is 10.3 Å². The standard InChI is InChI=1S/C18H24BrN3O2/c1-17(2)15(23)22(16(24)21-17)12-4-11-20-18(9-3-10-18)13-5-7-14(19)8-6-13/h5-8,20H,3-4,9-12H2,1-2H3,(H,21,24). The van der Waals surface area contributed by atoms with Gasteiger partial charge in [0.1, 0.15) is 5.54 Å². The summed E-state index contributed by atoms with van der Waals surface area (Å²) in [7, 11) is 0. The van der Waals surface area contributed by atoms with E-state index in [1.54, 1.807) is 13.8 Å². The van der Waals surface area contributed by atoms with Crippen molar-refractivity contribution in [2.45, 2.75) is 50.6 Å². The van der Waals surface area contributed by atoms with Crippen LogP contribution in [0.5, 0.6) is 0 Å². The van der Waals surface area contributed by atoms with Crippen LogP contribution in [0.25, 0.3) is 0 Å². The SMILES string of the molecule is CC1(C)NC(=O)N(CCCNC2(c3ccc(Br)cc3)CCC2)C1=O. The van der Waals surface area contributed by atoms with Gasteiger partial charge in [-0.05, 0) is 63.8 Å². The van der Waals surface area contributed by atoms with E-state index in [2.05, 4.69) is 50.8 Å². The molecule has 1 saturated heterocycles. The normalized spacial score (nSPS) is 21.5. The van der Waals surface area contributed by atoms with Crippen LogP contribution in [0.15, 0.2) is 28.7 Å². The van der Waals surface area contributed by atoms with Gasteiger partial charge in [-0.25, -0.2) is 4.79 Å². The summed E-state index contributed by atoms with van der Waals surface area (Å²) in [5.41, 5.74) is 0.585. The van der Waals surface area contributed by atoms with Crippen molar-refractivity contribution in [3.63, 3.8) is 0 Å². The molecule has 24 heavy (non-hydrogen) atoms. The Bertz CT molecular complexity index is 638. The van der Waals surface area contributed by atoms with E-state index >= 15 is 0 Å². The summed E-state index contributed by atoms with van der Waals surface area (Å²) in [6.45, 7) is 4.72. The molecule has 0 bridgehead atoms. The fourth-order valence-corrected chi connectivity index (χ4v) is 3.72. The molecule has 2 fully saturated rings. The highest BCUT2D eigenvalue weighted by molar-refractivity contribution is 9.10. The van der Waals surface area contributed by atoms with Gasteiger partial charge in [0.15, 0.2) is 0 Å². The van der Waals surface area contributed by atoms with Gasteiger partial charge in [0.2, 0.25) is 0 Å². The number of nitrogens with one attached hydrogen (secondary N) is 2. The monoisotopic (exact) mass is 393 g/mol. The van der Waals surface area contributed by atoms with Crippen LogP contribution in [0.1, 0.15) is 45.1 Å². The maximum absolute atomic E-state index is 12.2. The lowest BCUT2D eigenvalue weighted by Gasteiger charge is -2.43. The lowest BCUT2D eigenvalue weighted by atomic mass is 9.72.